The van der Waals surface area contributed by atoms with Crippen LogP contribution in [0.25, 0.3) is 0 Å². The van der Waals surface area contributed by atoms with E-state index in [9.17, 15) is 4.79 Å². The van der Waals surface area contributed by atoms with Crippen molar-refractivity contribution in [2.75, 3.05) is 18.9 Å². The summed E-state index contributed by atoms with van der Waals surface area (Å²) in [5.74, 6) is 1.04. The fourth-order valence-corrected chi connectivity index (χ4v) is 3.70. The maximum Gasteiger partial charge on any atom is 0.237 e. The standard InChI is InChI=1S/C12H24N2O2S/c1-3-14-12(11(13)16)5-4-10(6-12)17-8-9(2)7-15/h9-10,14-15H,3-8H2,1-2H3,(H2,13,16). The average molecular weight is 260 g/mol. The van der Waals surface area contributed by atoms with Gasteiger partial charge in [0, 0.05) is 11.9 Å². The van der Waals surface area contributed by atoms with E-state index in [1.165, 1.54) is 0 Å². The minimum atomic E-state index is -0.491. The second-order valence-corrected chi connectivity index (χ2v) is 6.30. The summed E-state index contributed by atoms with van der Waals surface area (Å²) < 4.78 is 0. The van der Waals surface area contributed by atoms with Gasteiger partial charge in [-0.2, -0.15) is 11.8 Å². The molecule has 0 aromatic carbocycles. The zero-order chi connectivity index (χ0) is 12.9. The first-order chi connectivity index (χ1) is 8.04. The number of hydrogen-bond donors (Lipinski definition) is 3. The quantitative estimate of drug-likeness (QED) is 0.631. The molecule has 1 aliphatic carbocycles. The lowest BCUT2D eigenvalue weighted by Crippen LogP contribution is -2.53. The number of nitrogens with two attached hydrogens (primary N) is 1. The SMILES string of the molecule is CCNC1(C(N)=O)CCC(SCC(C)CO)C1. The zero-order valence-electron chi connectivity index (χ0n) is 10.7. The van der Waals surface area contributed by atoms with Crippen LogP contribution in [0.15, 0.2) is 0 Å². The second kappa shape index (κ2) is 6.61. The van der Waals surface area contributed by atoms with Crippen LogP contribution >= 0.6 is 11.8 Å². The number of likely N-dealkylation sites (N-methyl/N-ethyl adjacent to an activating group) is 1. The fraction of sp³-hybridized carbons (Fsp3) is 0.917. The highest BCUT2D eigenvalue weighted by Crippen LogP contribution is 2.37. The topological polar surface area (TPSA) is 75.3 Å². The number of carbonyl (C=O) groups excluding carboxylic acids is 1. The van der Waals surface area contributed by atoms with Gasteiger partial charge in [-0.05, 0) is 37.5 Å². The Labute approximate surface area is 108 Å². The normalized spacial score (nSPS) is 30.4. The van der Waals surface area contributed by atoms with E-state index in [0.29, 0.717) is 11.2 Å². The molecule has 0 bridgehead atoms. The van der Waals surface area contributed by atoms with E-state index in [-0.39, 0.29) is 12.5 Å². The number of thioether (sulfide) groups is 1. The molecule has 3 atom stereocenters. The van der Waals surface area contributed by atoms with Crippen LogP contribution in [-0.2, 0) is 4.79 Å². The van der Waals surface area contributed by atoms with Gasteiger partial charge in [-0.1, -0.05) is 13.8 Å². The lowest BCUT2D eigenvalue weighted by molar-refractivity contribution is -0.124. The molecule has 1 saturated carbocycles. The molecular weight excluding hydrogens is 236 g/mol. The van der Waals surface area contributed by atoms with Gasteiger partial charge in [0.25, 0.3) is 0 Å². The van der Waals surface area contributed by atoms with Gasteiger partial charge in [0.15, 0.2) is 0 Å². The number of primary amides is 1. The first-order valence-electron chi connectivity index (χ1n) is 6.31. The molecule has 1 rings (SSSR count). The van der Waals surface area contributed by atoms with Crippen molar-refractivity contribution in [3.05, 3.63) is 0 Å². The Kier molecular flexibility index (Phi) is 5.76. The number of hydrogen-bond acceptors (Lipinski definition) is 4. The van der Waals surface area contributed by atoms with Crippen LogP contribution in [0.1, 0.15) is 33.1 Å². The smallest absolute Gasteiger partial charge is 0.237 e. The van der Waals surface area contributed by atoms with Crippen LogP contribution in [0.3, 0.4) is 0 Å². The molecule has 1 amide bonds. The first-order valence-corrected chi connectivity index (χ1v) is 7.36. The second-order valence-electron chi connectivity index (χ2n) is 4.96. The van der Waals surface area contributed by atoms with E-state index in [1.807, 2.05) is 25.6 Å². The predicted octanol–water partition coefficient (Wildman–Crippen LogP) is 0.734. The van der Waals surface area contributed by atoms with Gasteiger partial charge >= 0.3 is 0 Å². The average Bonchev–Trinajstić information content (AvgIpc) is 2.71. The largest absolute Gasteiger partial charge is 0.396 e. The minimum Gasteiger partial charge on any atom is -0.396 e. The molecule has 100 valence electrons. The Morgan fingerprint density at radius 2 is 2.41 bits per heavy atom. The van der Waals surface area contributed by atoms with Gasteiger partial charge in [-0.25, -0.2) is 0 Å². The number of carbonyl (C=O) groups is 1. The van der Waals surface area contributed by atoms with Crippen molar-refractivity contribution in [3.8, 4) is 0 Å². The summed E-state index contributed by atoms with van der Waals surface area (Å²) in [6, 6.07) is 0. The van der Waals surface area contributed by atoms with Crippen molar-refractivity contribution in [1.29, 1.82) is 0 Å². The first kappa shape index (κ1) is 14.8. The molecule has 1 aliphatic rings. The molecule has 4 nitrogen and oxygen atoms in total. The maximum atomic E-state index is 11.6. The van der Waals surface area contributed by atoms with Gasteiger partial charge in [0.05, 0.1) is 5.54 Å². The molecule has 0 spiro atoms. The minimum absolute atomic E-state index is 0.224. The molecule has 3 unspecified atom stereocenters. The highest BCUT2D eigenvalue weighted by Gasteiger charge is 2.43. The van der Waals surface area contributed by atoms with E-state index in [2.05, 4.69) is 5.32 Å². The number of aliphatic hydroxyl groups is 1. The summed E-state index contributed by atoms with van der Waals surface area (Å²) in [5.41, 5.74) is 5.02. The van der Waals surface area contributed by atoms with E-state index >= 15 is 0 Å². The highest BCUT2D eigenvalue weighted by molar-refractivity contribution is 7.99. The molecule has 4 N–H and O–H groups in total. The van der Waals surface area contributed by atoms with E-state index in [1.54, 1.807) is 0 Å². The molecule has 0 radical (unpaired) electrons. The van der Waals surface area contributed by atoms with Crippen LogP contribution in [0.5, 0.6) is 0 Å². The lowest BCUT2D eigenvalue weighted by Gasteiger charge is -2.26. The monoisotopic (exact) mass is 260 g/mol. The molecule has 0 aromatic rings. The number of amides is 1. The van der Waals surface area contributed by atoms with Crippen molar-refractivity contribution in [1.82, 2.24) is 5.32 Å². The van der Waals surface area contributed by atoms with E-state index in [4.69, 9.17) is 10.8 Å². The third-order valence-corrected chi connectivity index (χ3v) is 5.02. The molecule has 0 heterocycles. The summed E-state index contributed by atoms with van der Waals surface area (Å²) >= 11 is 1.85. The van der Waals surface area contributed by atoms with Crippen LogP contribution in [0, 0.1) is 5.92 Å². The maximum absolute atomic E-state index is 11.6. The number of aliphatic hydroxyl groups excluding tert-OH is 1. The molecule has 5 heteroatoms. The summed E-state index contributed by atoms with van der Waals surface area (Å²) in [4.78, 5) is 11.6. The molecule has 0 saturated heterocycles. The fourth-order valence-electron chi connectivity index (χ4n) is 2.31. The Morgan fingerprint density at radius 1 is 1.71 bits per heavy atom. The van der Waals surface area contributed by atoms with Crippen molar-refractivity contribution < 1.29 is 9.90 Å². The van der Waals surface area contributed by atoms with Gasteiger partial charge in [-0.3, -0.25) is 4.79 Å². The van der Waals surface area contributed by atoms with E-state index < -0.39 is 5.54 Å². The van der Waals surface area contributed by atoms with Crippen molar-refractivity contribution in [2.45, 2.75) is 43.9 Å². The predicted molar refractivity (Wildman–Crippen MR) is 71.9 cm³/mol. The molecule has 1 fully saturated rings. The Bertz CT molecular complexity index is 263. The van der Waals surface area contributed by atoms with Crippen LogP contribution in [0.2, 0.25) is 0 Å². The molecular formula is C12H24N2O2S. The summed E-state index contributed by atoms with van der Waals surface area (Å²) in [6.45, 7) is 5.04. The zero-order valence-corrected chi connectivity index (χ0v) is 11.6. The highest BCUT2D eigenvalue weighted by atomic mass is 32.2. The molecule has 0 aliphatic heterocycles. The van der Waals surface area contributed by atoms with Crippen LogP contribution < -0.4 is 11.1 Å². The Hall–Kier alpha value is -0.260. The number of rotatable bonds is 7. The molecule has 17 heavy (non-hydrogen) atoms. The van der Waals surface area contributed by atoms with Crippen molar-refractivity contribution >= 4 is 17.7 Å². The van der Waals surface area contributed by atoms with E-state index in [0.717, 1.165) is 31.6 Å². The van der Waals surface area contributed by atoms with Gasteiger partial charge in [0.1, 0.15) is 0 Å². The van der Waals surface area contributed by atoms with Gasteiger partial charge in [0.2, 0.25) is 5.91 Å². The van der Waals surface area contributed by atoms with Crippen LogP contribution in [0.4, 0.5) is 0 Å². The third-order valence-electron chi connectivity index (χ3n) is 3.38. The summed E-state index contributed by atoms with van der Waals surface area (Å²) in [5, 5.41) is 12.7. The number of nitrogens with one attached hydrogen (secondary N) is 1. The summed E-state index contributed by atoms with van der Waals surface area (Å²) in [6.07, 6.45) is 2.68. The molecule has 0 aromatic heterocycles. The van der Waals surface area contributed by atoms with Gasteiger partial charge in [-0.15, -0.1) is 0 Å². The Morgan fingerprint density at radius 3 is 2.94 bits per heavy atom. The third kappa shape index (κ3) is 3.86. The van der Waals surface area contributed by atoms with Crippen LogP contribution in [-0.4, -0.2) is 40.7 Å². The van der Waals surface area contributed by atoms with Gasteiger partial charge < -0.3 is 16.2 Å². The lowest BCUT2D eigenvalue weighted by atomic mass is 9.97. The van der Waals surface area contributed by atoms with Crippen molar-refractivity contribution in [2.24, 2.45) is 11.7 Å². The summed E-state index contributed by atoms with van der Waals surface area (Å²) in [7, 11) is 0. The van der Waals surface area contributed by atoms with Crippen molar-refractivity contribution in [3.63, 3.8) is 0 Å². The Balaban J connectivity index is 2.46.